The van der Waals surface area contributed by atoms with Crippen LogP contribution in [0.25, 0.3) is 11.0 Å². The summed E-state index contributed by atoms with van der Waals surface area (Å²) in [5.74, 6) is 1.11. The molecule has 3 aromatic rings. The minimum Gasteiger partial charge on any atom is -0.348 e. The van der Waals surface area contributed by atoms with Crippen LogP contribution in [0.15, 0.2) is 36.4 Å². The van der Waals surface area contributed by atoms with Gasteiger partial charge in [0.05, 0.1) is 11.0 Å². The van der Waals surface area contributed by atoms with E-state index >= 15 is 0 Å². The lowest BCUT2D eigenvalue weighted by Crippen LogP contribution is -2.23. The van der Waals surface area contributed by atoms with Crippen LogP contribution in [-0.4, -0.2) is 15.5 Å². The van der Waals surface area contributed by atoms with Crippen LogP contribution in [-0.2, 0) is 19.5 Å². The summed E-state index contributed by atoms with van der Waals surface area (Å²) in [6, 6.07) is 12.2. The number of nitrogens with one attached hydrogen (secondary N) is 1. The molecule has 4 heteroatoms. The van der Waals surface area contributed by atoms with Crippen molar-refractivity contribution >= 4 is 16.9 Å². The van der Waals surface area contributed by atoms with Gasteiger partial charge in [0.25, 0.3) is 5.91 Å². The molecule has 0 atom stereocenters. The van der Waals surface area contributed by atoms with Crippen LogP contribution < -0.4 is 5.32 Å². The number of amides is 1. The maximum Gasteiger partial charge on any atom is 0.251 e. The lowest BCUT2D eigenvalue weighted by atomic mass is 10.1. The predicted octanol–water partition coefficient (Wildman–Crippen LogP) is 4.31. The summed E-state index contributed by atoms with van der Waals surface area (Å²) in [6.45, 7) is 5.72. The number of hydrogen-bond acceptors (Lipinski definition) is 2. The molecule has 1 aromatic heterocycles. The van der Waals surface area contributed by atoms with E-state index in [9.17, 15) is 4.79 Å². The largest absolute Gasteiger partial charge is 0.348 e. The summed E-state index contributed by atoms with van der Waals surface area (Å²) >= 11 is 0. The van der Waals surface area contributed by atoms with E-state index in [2.05, 4.69) is 41.9 Å². The van der Waals surface area contributed by atoms with Crippen LogP contribution in [0, 0.1) is 13.8 Å². The van der Waals surface area contributed by atoms with E-state index in [1.807, 2.05) is 18.2 Å². The summed E-state index contributed by atoms with van der Waals surface area (Å²) in [4.78, 5) is 17.4. The molecule has 0 aliphatic carbocycles. The third-order valence-corrected chi connectivity index (χ3v) is 5.32. The highest BCUT2D eigenvalue weighted by molar-refractivity contribution is 5.97. The summed E-state index contributed by atoms with van der Waals surface area (Å²) in [7, 11) is 0. The SMILES string of the molecule is Cc1ccc(C)c(CNC(=O)c2ccc3c(c2)nc2n3CCCCC2)c1. The Morgan fingerprint density at radius 1 is 1.12 bits per heavy atom. The van der Waals surface area contributed by atoms with Gasteiger partial charge in [-0.15, -0.1) is 0 Å². The number of carbonyl (C=O) groups excluding carboxylic acids is 1. The Kier molecular flexibility index (Phi) is 4.49. The fourth-order valence-corrected chi connectivity index (χ4v) is 3.76. The Morgan fingerprint density at radius 3 is 2.88 bits per heavy atom. The first-order valence-electron chi connectivity index (χ1n) is 9.45. The number of carbonyl (C=O) groups is 1. The van der Waals surface area contributed by atoms with Gasteiger partial charge in [0, 0.05) is 25.1 Å². The number of rotatable bonds is 3. The second-order valence-electron chi connectivity index (χ2n) is 7.31. The van der Waals surface area contributed by atoms with Crippen molar-refractivity contribution in [1.29, 1.82) is 0 Å². The average Bonchev–Trinajstić information content (AvgIpc) is 2.82. The number of hydrogen-bond donors (Lipinski definition) is 1. The lowest BCUT2D eigenvalue weighted by Gasteiger charge is -2.09. The van der Waals surface area contributed by atoms with E-state index in [4.69, 9.17) is 4.98 Å². The Labute approximate surface area is 154 Å². The zero-order valence-electron chi connectivity index (χ0n) is 15.5. The first-order valence-corrected chi connectivity index (χ1v) is 9.45. The fraction of sp³-hybridized carbons (Fsp3) is 0.364. The molecule has 0 saturated carbocycles. The van der Waals surface area contributed by atoms with Gasteiger partial charge in [0.15, 0.2) is 0 Å². The molecule has 1 aliphatic rings. The third-order valence-electron chi connectivity index (χ3n) is 5.32. The standard InChI is InChI=1S/C22H25N3O/c1-15-7-8-16(2)18(12-15)14-23-22(26)17-9-10-20-19(13-17)24-21-6-4-3-5-11-25(20)21/h7-10,12-13H,3-6,11,14H2,1-2H3,(H,23,26). The molecule has 2 heterocycles. The van der Waals surface area contributed by atoms with Crippen LogP contribution in [0.1, 0.15) is 52.1 Å². The molecule has 1 amide bonds. The van der Waals surface area contributed by atoms with Crippen LogP contribution in [0.2, 0.25) is 0 Å². The molecule has 0 radical (unpaired) electrons. The van der Waals surface area contributed by atoms with Crippen LogP contribution in [0.3, 0.4) is 0 Å². The molecule has 2 aromatic carbocycles. The number of aryl methyl sites for hydroxylation is 4. The first kappa shape index (κ1) is 16.8. The van der Waals surface area contributed by atoms with Crippen molar-refractivity contribution in [2.75, 3.05) is 0 Å². The highest BCUT2D eigenvalue weighted by Gasteiger charge is 2.15. The average molecular weight is 347 g/mol. The molecule has 1 N–H and O–H groups in total. The van der Waals surface area contributed by atoms with Gasteiger partial charge in [-0.25, -0.2) is 4.98 Å². The molecule has 4 nitrogen and oxygen atoms in total. The minimum atomic E-state index is -0.0454. The Hall–Kier alpha value is -2.62. The number of fused-ring (bicyclic) bond motifs is 3. The van der Waals surface area contributed by atoms with Crippen LogP contribution >= 0.6 is 0 Å². The zero-order chi connectivity index (χ0) is 18.1. The summed E-state index contributed by atoms with van der Waals surface area (Å²) in [5.41, 5.74) is 6.32. The summed E-state index contributed by atoms with van der Waals surface area (Å²) < 4.78 is 2.32. The quantitative estimate of drug-likeness (QED) is 0.767. The normalized spacial score (nSPS) is 14.1. The monoisotopic (exact) mass is 347 g/mol. The van der Waals surface area contributed by atoms with Crippen molar-refractivity contribution in [1.82, 2.24) is 14.9 Å². The molecule has 0 fully saturated rings. The van der Waals surface area contributed by atoms with Gasteiger partial charge < -0.3 is 9.88 Å². The van der Waals surface area contributed by atoms with Crippen molar-refractivity contribution in [3.05, 3.63) is 64.5 Å². The Morgan fingerprint density at radius 2 is 2.00 bits per heavy atom. The van der Waals surface area contributed by atoms with Crippen LogP contribution in [0.5, 0.6) is 0 Å². The van der Waals surface area contributed by atoms with Crippen molar-refractivity contribution in [3.63, 3.8) is 0 Å². The summed E-state index contributed by atoms with van der Waals surface area (Å²) in [5, 5.41) is 3.05. The second kappa shape index (κ2) is 6.94. The topological polar surface area (TPSA) is 46.9 Å². The van der Waals surface area contributed by atoms with E-state index in [1.165, 1.54) is 30.4 Å². The molecule has 0 unspecified atom stereocenters. The van der Waals surface area contributed by atoms with Crippen molar-refractivity contribution in [2.24, 2.45) is 0 Å². The van der Waals surface area contributed by atoms with E-state index in [1.54, 1.807) is 0 Å². The molecule has 1 aliphatic heterocycles. The van der Waals surface area contributed by atoms with Crippen LogP contribution in [0.4, 0.5) is 0 Å². The molecule has 4 rings (SSSR count). The summed E-state index contributed by atoms with van der Waals surface area (Å²) in [6.07, 6.45) is 4.70. The lowest BCUT2D eigenvalue weighted by molar-refractivity contribution is 0.0951. The van der Waals surface area contributed by atoms with Gasteiger partial charge >= 0.3 is 0 Å². The van der Waals surface area contributed by atoms with Crippen molar-refractivity contribution < 1.29 is 4.79 Å². The fourth-order valence-electron chi connectivity index (χ4n) is 3.76. The van der Waals surface area contributed by atoms with Gasteiger partial charge in [-0.2, -0.15) is 0 Å². The van der Waals surface area contributed by atoms with Gasteiger partial charge in [-0.3, -0.25) is 4.79 Å². The number of imidazole rings is 1. The highest BCUT2D eigenvalue weighted by atomic mass is 16.1. The zero-order valence-corrected chi connectivity index (χ0v) is 15.5. The van der Waals surface area contributed by atoms with Gasteiger partial charge in [0.1, 0.15) is 5.82 Å². The molecular weight excluding hydrogens is 322 g/mol. The van der Waals surface area contributed by atoms with E-state index in [0.29, 0.717) is 12.1 Å². The predicted molar refractivity (Wildman–Crippen MR) is 104 cm³/mol. The molecule has 0 saturated heterocycles. The van der Waals surface area contributed by atoms with Gasteiger partial charge in [0.2, 0.25) is 0 Å². The highest BCUT2D eigenvalue weighted by Crippen LogP contribution is 2.23. The first-order chi connectivity index (χ1) is 12.6. The van der Waals surface area contributed by atoms with E-state index < -0.39 is 0 Å². The van der Waals surface area contributed by atoms with Crippen molar-refractivity contribution in [3.8, 4) is 0 Å². The number of benzene rings is 2. The third kappa shape index (κ3) is 3.24. The van der Waals surface area contributed by atoms with E-state index in [-0.39, 0.29) is 5.91 Å². The molecule has 0 bridgehead atoms. The Balaban J connectivity index is 1.54. The number of aromatic nitrogens is 2. The van der Waals surface area contributed by atoms with Crippen molar-refractivity contribution in [2.45, 2.75) is 52.6 Å². The minimum absolute atomic E-state index is 0.0454. The maximum absolute atomic E-state index is 12.6. The van der Waals surface area contributed by atoms with Gasteiger partial charge in [-0.1, -0.05) is 30.2 Å². The van der Waals surface area contributed by atoms with E-state index in [0.717, 1.165) is 35.4 Å². The molecular formula is C22H25N3O. The molecule has 134 valence electrons. The van der Waals surface area contributed by atoms with Gasteiger partial charge in [-0.05, 0) is 56.0 Å². The Bertz CT molecular complexity index is 971. The molecule has 26 heavy (non-hydrogen) atoms. The number of nitrogens with zero attached hydrogens (tertiary/aromatic N) is 2. The maximum atomic E-state index is 12.6. The smallest absolute Gasteiger partial charge is 0.251 e. The second-order valence-corrected chi connectivity index (χ2v) is 7.31. The molecule has 0 spiro atoms.